The summed E-state index contributed by atoms with van der Waals surface area (Å²) in [5.74, 6) is -0.649. The Bertz CT molecular complexity index is 1310. The van der Waals surface area contributed by atoms with E-state index < -0.39 is 21.5 Å². The number of likely N-dealkylation sites (tertiary alicyclic amines) is 1. The Morgan fingerprint density at radius 3 is 2.51 bits per heavy atom. The number of hydrogen-bond donors (Lipinski definition) is 2. The Hall–Kier alpha value is -3.03. The fourth-order valence-corrected chi connectivity index (χ4v) is 5.23. The maximum absolute atomic E-state index is 13.0. The minimum atomic E-state index is -3.31. The number of aromatic nitrogens is 1. The van der Waals surface area contributed by atoms with Gasteiger partial charge in [0.05, 0.1) is 36.4 Å². The first kappa shape index (κ1) is 27.0. The summed E-state index contributed by atoms with van der Waals surface area (Å²) in [7, 11) is -3.31. The van der Waals surface area contributed by atoms with E-state index in [1.165, 1.54) is 0 Å². The Kier molecular flexibility index (Phi) is 8.45. The third-order valence-electron chi connectivity index (χ3n) is 6.59. The van der Waals surface area contributed by atoms with E-state index in [4.69, 9.17) is 9.15 Å². The molecule has 2 aromatic rings. The largest absolute Gasteiger partial charge is 0.389 e. The Labute approximate surface area is 215 Å². The molecule has 12 nitrogen and oxygen atoms in total. The van der Waals surface area contributed by atoms with Crippen molar-refractivity contribution in [1.29, 1.82) is 0 Å². The Morgan fingerprint density at radius 1 is 1.14 bits per heavy atom. The normalized spacial score (nSPS) is 17.6. The quantitative estimate of drug-likeness (QED) is 0.467. The fourth-order valence-electron chi connectivity index (χ4n) is 4.56. The smallest absolute Gasteiger partial charge is 0.348 e. The van der Waals surface area contributed by atoms with Crippen molar-refractivity contribution >= 4 is 44.3 Å². The van der Waals surface area contributed by atoms with Crippen LogP contribution in [0.2, 0.25) is 0 Å². The van der Waals surface area contributed by atoms with Crippen LogP contribution in [-0.4, -0.2) is 99.0 Å². The molecule has 1 aromatic heterocycles. The van der Waals surface area contributed by atoms with Gasteiger partial charge in [0.25, 0.3) is 6.01 Å². The number of nitrogens with zero attached hydrogens (tertiary/aromatic N) is 3. The molecule has 37 heavy (non-hydrogen) atoms. The predicted molar refractivity (Wildman–Crippen MR) is 138 cm³/mol. The summed E-state index contributed by atoms with van der Waals surface area (Å²) in [6, 6.07) is 2.21. The van der Waals surface area contributed by atoms with E-state index in [2.05, 4.69) is 15.6 Å². The SMILES string of the molecule is Cc1c(NC(=O)CN2CCOCC2)ccc2nc(N[C@@H](CCS(C)(=O)=O)C(=O)N3CCCC3)oc(=O)c12. The lowest BCUT2D eigenvalue weighted by Crippen LogP contribution is -2.42. The highest BCUT2D eigenvalue weighted by Crippen LogP contribution is 2.24. The van der Waals surface area contributed by atoms with Crippen molar-refractivity contribution in [3.8, 4) is 0 Å². The lowest BCUT2D eigenvalue weighted by atomic mass is 10.1. The van der Waals surface area contributed by atoms with Crippen molar-refractivity contribution in [3.05, 3.63) is 28.1 Å². The number of nitrogens with one attached hydrogen (secondary N) is 2. The molecule has 2 fully saturated rings. The molecule has 2 amide bonds. The number of morpholine rings is 1. The highest BCUT2D eigenvalue weighted by molar-refractivity contribution is 7.90. The summed E-state index contributed by atoms with van der Waals surface area (Å²) < 4.78 is 34.2. The molecule has 202 valence electrons. The molecule has 0 saturated carbocycles. The first-order valence-electron chi connectivity index (χ1n) is 12.4. The molecule has 0 spiro atoms. The van der Waals surface area contributed by atoms with Crippen LogP contribution in [0.5, 0.6) is 0 Å². The number of ether oxygens (including phenoxy) is 1. The molecule has 0 aliphatic carbocycles. The molecular weight excluding hydrogens is 502 g/mol. The summed E-state index contributed by atoms with van der Waals surface area (Å²) in [5, 5.41) is 5.92. The van der Waals surface area contributed by atoms with E-state index in [1.54, 1.807) is 24.0 Å². The number of anilines is 2. The van der Waals surface area contributed by atoms with Gasteiger partial charge in [-0.05, 0) is 43.9 Å². The zero-order chi connectivity index (χ0) is 26.6. The van der Waals surface area contributed by atoms with Crippen molar-refractivity contribution in [3.63, 3.8) is 0 Å². The van der Waals surface area contributed by atoms with Gasteiger partial charge in [-0.2, -0.15) is 4.98 Å². The summed E-state index contributed by atoms with van der Waals surface area (Å²) in [6.07, 6.45) is 2.90. The average Bonchev–Trinajstić information content (AvgIpc) is 3.38. The summed E-state index contributed by atoms with van der Waals surface area (Å²) in [6.45, 7) is 5.65. The second kappa shape index (κ2) is 11.6. The van der Waals surface area contributed by atoms with Crippen LogP contribution < -0.4 is 16.3 Å². The van der Waals surface area contributed by atoms with E-state index in [9.17, 15) is 22.8 Å². The van der Waals surface area contributed by atoms with Crippen molar-refractivity contribution < 1.29 is 27.2 Å². The zero-order valence-electron chi connectivity index (χ0n) is 21.1. The third kappa shape index (κ3) is 7.05. The van der Waals surface area contributed by atoms with Crippen LogP contribution in [0.3, 0.4) is 0 Å². The number of fused-ring (bicyclic) bond motifs is 1. The lowest BCUT2D eigenvalue weighted by molar-refractivity contribution is -0.131. The molecule has 2 N–H and O–H groups in total. The molecule has 2 aliphatic heterocycles. The van der Waals surface area contributed by atoms with Gasteiger partial charge in [0, 0.05) is 38.1 Å². The van der Waals surface area contributed by atoms with Gasteiger partial charge in [-0.15, -0.1) is 0 Å². The van der Waals surface area contributed by atoms with Gasteiger partial charge in [-0.25, -0.2) is 13.2 Å². The molecule has 0 bridgehead atoms. The second-order valence-corrected chi connectivity index (χ2v) is 11.8. The number of rotatable bonds is 9. The minimum Gasteiger partial charge on any atom is -0.389 e. The first-order chi connectivity index (χ1) is 17.6. The third-order valence-corrected chi connectivity index (χ3v) is 7.57. The van der Waals surface area contributed by atoms with Crippen molar-refractivity contribution in [2.75, 3.05) is 68.6 Å². The number of carbonyl (C=O) groups excluding carboxylic acids is 2. The van der Waals surface area contributed by atoms with Crippen LogP contribution in [0.25, 0.3) is 10.9 Å². The van der Waals surface area contributed by atoms with E-state index in [0.717, 1.165) is 19.1 Å². The second-order valence-electron chi connectivity index (χ2n) is 9.52. The highest BCUT2D eigenvalue weighted by Gasteiger charge is 2.28. The van der Waals surface area contributed by atoms with Crippen LogP contribution in [0.4, 0.5) is 11.7 Å². The highest BCUT2D eigenvalue weighted by atomic mass is 32.2. The fraction of sp³-hybridized carbons (Fsp3) is 0.583. The van der Waals surface area contributed by atoms with Gasteiger partial charge in [0.1, 0.15) is 15.9 Å². The van der Waals surface area contributed by atoms with Crippen LogP contribution >= 0.6 is 0 Å². The van der Waals surface area contributed by atoms with Gasteiger partial charge in [-0.1, -0.05) is 0 Å². The number of carbonyl (C=O) groups is 2. The average molecular weight is 536 g/mol. The van der Waals surface area contributed by atoms with E-state index >= 15 is 0 Å². The van der Waals surface area contributed by atoms with Crippen LogP contribution in [0, 0.1) is 6.92 Å². The number of benzene rings is 1. The molecule has 2 saturated heterocycles. The number of aryl methyl sites for hydroxylation is 1. The monoisotopic (exact) mass is 535 g/mol. The molecule has 0 radical (unpaired) electrons. The van der Waals surface area contributed by atoms with E-state index in [1.807, 2.05) is 4.90 Å². The summed E-state index contributed by atoms with van der Waals surface area (Å²) in [5.41, 5.74) is 0.654. The maximum Gasteiger partial charge on any atom is 0.348 e. The van der Waals surface area contributed by atoms with E-state index in [0.29, 0.717) is 56.2 Å². The molecule has 2 aliphatic rings. The summed E-state index contributed by atoms with van der Waals surface area (Å²) >= 11 is 0. The molecule has 1 aromatic carbocycles. The summed E-state index contributed by atoms with van der Waals surface area (Å²) in [4.78, 5) is 46.5. The van der Waals surface area contributed by atoms with Gasteiger partial charge in [0.15, 0.2) is 0 Å². The Balaban J connectivity index is 1.53. The molecule has 0 unspecified atom stereocenters. The predicted octanol–water partition coefficient (Wildman–Crippen LogP) is 0.605. The number of amides is 2. The van der Waals surface area contributed by atoms with Gasteiger partial charge in [-0.3, -0.25) is 14.5 Å². The number of sulfone groups is 1. The Morgan fingerprint density at radius 2 is 1.84 bits per heavy atom. The van der Waals surface area contributed by atoms with Gasteiger partial charge in [0.2, 0.25) is 11.8 Å². The van der Waals surface area contributed by atoms with Gasteiger partial charge < -0.3 is 24.7 Å². The molecule has 3 heterocycles. The zero-order valence-corrected chi connectivity index (χ0v) is 21.9. The topological polar surface area (TPSA) is 151 Å². The van der Waals surface area contributed by atoms with Crippen molar-refractivity contribution in [2.24, 2.45) is 0 Å². The van der Waals surface area contributed by atoms with Crippen LogP contribution in [-0.2, 0) is 24.2 Å². The molecule has 4 rings (SSSR count). The molecule has 1 atom stereocenters. The molecular formula is C24H33N5O7S. The molecule has 13 heteroatoms. The van der Waals surface area contributed by atoms with Gasteiger partial charge >= 0.3 is 5.63 Å². The van der Waals surface area contributed by atoms with Crippen LogP contribution in [0.1, 0.15) is 24.8 Å². The number of hydrogen-bond acceptors (Lipinski definition) is 10. The standard InChI is InChI=1S/C24H33N5O7S/c1-16-17(25-20(30)15-28-10-12-35-13-11-28)5-6-18-21(16)23(32)36-24(26-18)27-19(7-14-37(2,33)34)22(31)29-8-3-4-9-29/h5-6,19H,3-4,7-15H2,1-2H3,(H,25,30)(H,26,27)/t19-/m0/s1. The first-order valence-corrected chi connectivity index (χ1v) is 14.4. The lowest BCUT2D eigenvalue weighted by Gasteiger charge is -2.26. The minimum absolute atomic E-state index is 0.0186. The van der Waals surface area contributed by atoms with Crippen LogP contribution in [0.15, 0.2) is 21.3 Å². The van der Waals surface area contributed by atoms with E-state index in [-0.39, 0.29) is 41.9 Å². The maximum atomic E-state index is 13.0. The van der Waals surface area contributed by atoms with Crippen molar-refractivity contribution in [2.45, 2.75) is 32.2 Å². The van der Waals surface area contributed by atoms with Crippen molar-refractivity contribution in [1.82, 2.24) is 14.8 Å².